The molecule has 0 amide bonds. The lowest BCUT2D eigenvalue weighted by Crippen LogP contribution is -2.35. The van der Waals surface area contributed by atoms with E-state index in [1.807, 2.05) is 6.07 Å². The molecule has 2 heterocycles. The fourth-order valence-electron chi connectivity index (χ4n) is 3.41. The second-order valence-electron chi connectivity index (χ2n) is 6.03. The molecule has 0 aromatic heterocycles. The fourth-order valence-corrected chi connectivity index (χ4v) is 3.91. The molecule has 3 rings (SSSR count). The van der Waals surface area contributed by atoms with Gasteiger partial charge in [-0.3, -0.25) is 9.80 Å². The highest BCUT2D eigenvalue weighted by atomic mass is 79.9. The van der Waals surface area contributed by atoms with Crippen molar-refractivity contribution >= 4 is 21.9 Å². The van der Waals surface area contributed by atoms with Gasteiger partial charge in [-0.15, -0.1) is 0 Å². The van der Waals surface area contributed by atoms with Gasteiger partial charge in [0.05, 0.1) is 5.56 Å². The van der Waals surface area contributed by atoms with Crippen molar-refractivity contribution in [2.75, 3.05) is 26.2 Å². The van der Waals surface area contributed by atoms with Crippen LogP contribution in [0.3, 0.4) is 0 Å². The standard InChI is InChI=1S/C16H21BrN2O2/c17-15-9-12(16(20)21)3-4-13(15)10-18-8-5-14(11-18)19-6-1-2-7-19/h3-4,9,14H,1-2,5-8,10-11H2,(H,20,21). The van der Waals surface area contributed by atoms with E-state index < -0.39 is 5.97 Å². The van der Waals surface area contributed by atoms with Crippen molar-refractivity contribution in [3.05, 3.63) is 33.8 Å². The Labute approximate surface area is 133 Å². The molecule has 0 aliphatic carbocycles. The maximum absolute atomic E-state index is 11.0. The number of rotatable bonds is 4. The first-order valence-corrected chi connectivity index (χ1v) is 8.41. The van der Waals surface area contributed by atoms with Crippen molar-refractivity contribution in [3.8, 4) is 0 Å². The summed E-state index contributed by atoms with van der Waals surface area (Å²) < 4.78 is 0.895. The Balaban J connectivity index is 1.61. The summed E-state index contributed by atoms with van der Waals surface area (Å²) in [6.07, 6.45) is 3.95. The molecule has 1 aromatic carbocycles. The van der Waals surface area contributed by atoms with Crippen molar-refractivity contribution in [3.63, 3.8) is 0 Å². The lowest BCUT2D eigenvalue weighted by atomic mass is 10.1. The molecular weight excluding hydrogens is 332 g/mol. The molecule has 5 heteroatoms. The highest BCUT2D eigenvalue weighted by molar-refractivity contribution is 9.10. The molecule has 0 spiro atoms. The number of benzene rings is 1. The second kappa shape index (κ2) is 6.46. The van der Waals surface area contributed by atoms with Crippen LogP contribution in [0.15, 0.2) is 22.7 Å². The Kier molecular flexibility index (Phi) is 4.62. The Morgan fingerprint density at radius 1 is 1.29 bits per heavy atom. The summed E-state index contributed by atoms with van der Waals surface area (Å²) in [4.78, 5) is 16.1. The number of halogens is 1. The SMILES string of the molecule is O=C(O)c1ccc(CN2CCC(N3CCCC3)C2)c(Br)c1. The molecule has 0 bridgehead atoms. The first-order chi connectivity index (χ1) is 10.1. The average Bonchev–Trinajstić information content (AvgIpc) is 3.11. The second-order valence-corrected chi connectivity index (χ2v) is 6.89. The van der Waals surface area contributed by atoms with Crippen molar-refractivity contribution in [2.24, 2.45) is 0 Å². The van der Waals surface area contributed by atoms with Gasteiger partial charge in [0.15, 0.2) is 0 Å². The van der Waals surface area contributed by atoms with Crippen LogP contribution in [0.25, 0.3) is 0 Å². The molecule has 1 aromatic rings. The molecule has 1 N–H and O–H groups in total. The van der Waals surface area contributed by atoms with Gasteiger partial charge in [0.1, 0.15) is 0 Å². The Morgan fingerprint density at radius 3 is 2.71 bits per heavy atom. The minimum absolute atomic E-state index is 0.335. The number of nitrogens with zero attached hydrogens (tertiary/aromatic N) is 2. The zero-order chi connectivity index (χ0) is 14.8. The maximum Gasteiger partial charge on any atom is 0.335 e. The number of likely N-dealkylation sites (tertiary alicyclic amines) is 2. The Hall–Kier alpha value is -0.910. The van der Waals surface area contributed by atoms with Crippen LogP contribution in [-0.4, -0.2) is 53.1 Å². The molecular formula is C16H21BrN2O2. The van der Waals surface area contributed by atoms with Crippen LogP contribution < -0.4 is 0 Å². The molecule has 1 atom stereocenters. The summed E-state index contributed by atoms with van der Waals surface area (Å²) in [5.41, 5.74) is 1.50. The van der Waals surface area contributed by atoms with Crippen molar-refractivity contribution in [2.45, 2.75) is 31.8 Å². The number of carboxylic acids is 1. The topological polar surface area (TPSA) is 43.8 Å². The lowest BCUT2D eigenvalue weighted by Gasteiger charge is -2.24. The van der Waals surface area contributed by atoms with Crippen LogP contribution in [0.5, 0.6) is 0 Å². The largest absolute Gasteiger partial charge is 0.478 e. The van der Waals surface area contributed by atoms with E-state index in [-0.39, 0.29) is 0 Å². The third-order valence-electron chi connectivity index (χ3n) is 4.60. The average molecular weight is 353 g/mol. The van der Waals surface area contributed by atoms with Gasteiger partial charge in [0, 0.05) is 30.1 Å². The molecule has 2 saturated heterocycles. The molecule has 2 fully saturated rings. The van der Waals surface area contributed by atoms with Gasteiger partial charge < -0.3 is 5.11 Å². The molecule has 21 heavy (non-hydrogen) atoms. The van der Waals surface area contributed by atoms with E-state index in [0.29, 0.717) is 11.6 Å². The summed E-state index contributed by atoms with van der Waals surface area (Å²) in [6.45, 7) is 5.68. The van der Waals surface area contributed by atoms with Gasteiger partial charge in [0.2, 0.25) is 0 Å². The molecule has 0 radical (unpaired) electrons. The number of carboxylic acid groups (broad SMARTS) is 1. The van der Waals surface area contributed by atoms with Crippen LogP contribution >= 0.6 is 15.9 Å². The van der Waals surface area contributed by atoms with Gasteiger partial charge in [0.25, 0.3) is 0 Å². The fraction of sp³-hybridized carbons (Fsp3) is 0.562. The number of hydrogen-bond donors (Lipinski definition) is 1. The molecule has 4 nitrogen and oxygen atoms in total. The lowest BCUT2D eigenvalue weighted by molar-refractivity contribution is 0.0697. The van der Waals surface area contributed by atoms with Crippen molar-refractivity contribution in [1.82, 2.24) is 9.80 Å². The van der Waals surface area contributed by atoms with E-state index >= 15 is 0 Å². The minimum atomic E-state index is -0.877. The predicted molar refractivity (Wildman–Crippen MR) is 85.6 cm³/mol. The molecule has 2 aliphatic rings. The van der Waals surface area contributed by atoms with Crippen LogP contribution in [0.4, 0.5) is 0 Å². The smallest absolute Gasteiger partial charge is 0.335 e. The molecule has 1 unspecified atom stereocenters. The Bertz CT molecular complexity index is 529. The van der Waals surface area contributed by atoms with Crippen LogP contribution in [0.2, 0.25) is 0 Å². The number of carbonyl (C=O) groups is 1. The van der Waals surface area contributed by atoms with Crippen molar-refractivity contribution < 1.29 is 9.90 Å². The van der Waals surface area contributed by atoms with Gasteiger partial charge >= 0.3 is 5.97 Å². The predicted octanol–water partition coefficient (Wildman–Crippen LogP) is 2.82. The minimum Gasteiger partial charge on any atom is -0.478 e. The van der Waals surface area contributed by atoms with Crippen LogP contribution in [0, 0.1) is 0 Å². The molecule has 2 aliphatic heterocycles. The van der Waals surface area contributed by atoms with E-state index in [0.717, 1.165) is 24.1 Å². The van der Waals surface area contributed by atoms with E-state index in [4.69, 9.17) is 5.11 Å². The monoisotopic (exact) mass is 352 g/mol. The normalized spacial score (nSPS) is 23.8. The van der Waals surface area contributed by atoms with Gasteiger partial charge in [-0.1, -0.05) is 22.0 Å². The van der Waals surface area contributed by atoms with Crippen molar-refractivity contribution in [1.29, 1.82) is 0 Å². The maximum atomic E-state index is 11.0. The summed E-state index contributed by atoms with van der Waals surface area (Å²) in [5, 5.41) is 9.00. The van der Waals surface area contributed by atoms with Gasteiger partial charge in [-0.2, -0.15) is 0 Å². The van der Waals surface area contributed by atoms with E-state index in [1.165, 1.54) is 37.9 Å². The summed E-state index contributed by atoms with van der Waals surface area (Å²) in [6, 6.07) is 6.03. The first-order valence-electron chi connectivity index (χ1n) is 7.61. The third kappa shape index (κ3) is 3.47. The summed E-state index contributed by atoms with van der Waals surface area (Å²) in [7, 11) is 0. The quantitative estimate of drug-likeness (QED) is 0.904. The zero-order valence-corrected chi connectivity index (χ0v) is 13.7. The van der Waals surface area contributed by atoms with E-state index in [2.05, 4.69) is 25.7 Å². The zero-order valence-electron chi connectivity index (χ0n) is 12.1. The number of hydrogen-bond acceptors (Lipinski definition) is 3. The molecule has 114 valence electrons. The van der Waals surface area contributed by atoms with E-state index in [1.54, 1.807) is 12.1 Å². The summed E-state index contributed by atoms with van der Waals surface area (Å²) >= 11 is 3.50. The van der Waals surface area contributed by atoms with Gasteiger partial charge in [-0.25, -0.2) is 4.79 Å². The molecule has 0 saturated carbocycles. The van der Waals surface area contributed by atoms with Crippen LogP contribution in [-0.2, 0) is 6.54 Å². The number of aromatic carboxylic acids is 1. The summed E-state index contributed by atoms with van der Waals surface area (Å²) in [5.74, 6) is -0.877. The third-order valence-corrected chi connectivity index (χ3v) is 5.34. The van der Waals surface area contributed by atoms with E-state index in [9.17, 15) is 4.79 Å². The Morgan fingerprint density at radius 2 is 2.05 bits per heavy atom. The highest BCUT2D eigenvalue weighted by Crippen LogP contribution is 2.25. The highest BCUT2D eigenvalue weighted by Gasteiger charge is 2.29. The van der Waals surface area contributed by atoms with Gasteiger partial charge in [-0.05, 0) is 50.0 Å². The first kappa shape index (κ1) is 15.0. The van der Waals surface area contributed by atoms with Crippen LogP contribution in [0.1, 0.15) is 35.2 Å².